The zero-order valence-corrected chi connectivity index (χ0v) is 22.1. The largest absolute Gasteiger partial charge is 0.478 e. The number of carbonyl (C=O) groups excluding carboxylic acids is 1. The number of amides is 1. The van der Waals surface area contributed by atoms with Crippen LogP contribution in [0.1, 0.15) is 68.6 Å². The average molecular weight is 496 g/mol. The number of benzene rings is 2. The van der Waals surface area contributed by atoms with Gasteiger partial charge in [-0.05, 0) is 61.1 Å². The molecule has 6 nitrogen and oxygen atoms in total. The SMILES string of the molecule is CC1=NC(C)=C(C(=O)O)C(c2cccc(Cl)c2)N1CCCN(C)C(=O)c1ccc(C(C)(C)C)cc1. The van der Waals surface area contributed by atoms with Crippen molar-refractivity contribution in [2.24, 2.45) is 4.99 Å². The minimum Gasteiger partial charge on any atom is -0.478 e. The topological polar surface area (TPSA) is 73.2 Å². The van der Waals surface area contributed by atoms with E-state index in [-0.39, 0.29) is 16.9 Å². The molecule has 1 aliphatic rings. The lowest BCUT2D eigenvalue weighted by Crippen LogP contribution is -2.41. The maximum Gasteiger partial charge on any atom is 0.335 e. The van der Waals surface area contributed by atoms with E-state index in [0.29, 0.717) is 35.8 Å². The second-order valence-electron chi connectivity index (χ2n) is 10.0. The molecule has 7 heteroatoms. The van der Waals surface area contributed by atoms with Crippen LogP contribution in [0.15, 0.2) is 64.8 Å². The van der Waals surface area contributed by atoms with Crippen LogP contribution >= 0.6 is 11.6 Å². The molecule has 0 saturated heterocycles. The second kappa shape index (κ2) is 10.6. The average Bonchev–Trinajstić information content (AvgIpc) is 2.78. The summed E-state index contributed by atoms with van der Waals surface area (Å²) in [6, 6.07) is 14.5. The summed E-state index contributed by atoms with van der Waals surface area (Å²) in [6.45, 7) is 11.1. The van der Waals surface area contributed by atoms with Crippen molar-refractivity contribution in [3.05, 3.63) is 81.5 Å². The first kappa shape index (κ1) is 26.5. The zero-order valence-electron chi connectivity index (χ0n) is 21.3. The van der Waals surface area contributed by atoms with Crippen molar-refractivity contribution in [1.29, 1.82) is 0 Å². The number of halogens is 1. The lowest BCUT2D eigenvalue weighted by Gasteiger charge is -2.37. The van der Waals surface area contributed by atoms with Gasteiger partial charge < -0.3 is 14.9 Å². The Bertz CT molecular complexity index is 1160. The van der Waals surface area contributed by atoms with Gasteiger partial charge in [0.1, 0.15) is 5.84 Å². The van der Waals surface area contributed by atoms with Crippen molar-refractivity contribution in [3.8, 4) is 0 Å². The van der Waals surface area contributed by atoms with Crippen LogP contribution in [-0.2, 0) is 10.2 Å². The molecule has 1 unspecified atom stereocenters. The van der Waals surface area contributed by atoms with Crippen LogP contribution in [0.5, 0.6) is 0 Å². The van der Waals surface area contributed by atoms with Crippen molar-refractivity contribution in [2.45, 2.75) is 52.5 Å². The fraction of sp³-hybridized carbons (Fsp3) is 0.393. The third-order valence-electron chi connectivity index (χ3n) is 6.35. The van der Waals surface area contributed by atoms with Crippen LogP contribution in [0.3, 0.4) is 0 Å². The first-order valence-corrected chi connectivity index (χ1v) is 12.2. The number of allylic oxidation sites excluding steroid dienone is 1. The van der Waals surface area contributed by atoms with E-state index in [0.717, 1.165) is 11.4 Å². The number of rotatable bonds is 7. The van der Waals surface area contributed by atoms with Gasteiger partial charge in [-0.3, -0.25) is 4.79 Å². The summed E-state index contributed by atoms with van der Waals surface area (Å²) in [4.78, 5) is 33.3. The van der Waals surface area contributed by atoms with Crippen LogP contribution in [0.2, 0.25) is 5.02 Å². The fourth-order valence-electron chi connectivity index (χ4n) is 4.41. The number of carboxylic acids is 1. The van der Waals surface area contributed by atoms with Gasteiger partial charge in [-0.25, -0.2) is 9.79 Å². The highest BCUT2D eigenvalue weighted by Crippen LogP contribution is 2.36. The molecule has 1 amide bonds. The Morgan fingerprint density at radius 2 is 1.77 bits per heavy atom. The summed E-state index contributed by atoms with van der Waals surface area (Å²) in [7, 11) is 1.79. The molecule has 0 aliphatic carbocycles. The summed E-state index contributed by atoms with van der Waals surface area (Å²) in [5.74, 6) is -0.299. The summed E-state index contributed by atoms with van der Waals surface area (Å²) in [5, 5.41) is 10.5. The molecule has 0 radical (unpaired) electrons. The molecule has 0 fully saturated rings. The van der Waals surface area contributed by atoms with E-state index >= 15 is 0 Å². The van der Waals surface area contributed by atoms with Crippen LogP contribution in [0.25, 0.3) is 0 Å². The molecule has 3 rings (SSSR count). The summed E-state index contributed by atoms with van der Waals surface area (Å²) < 4.78 is 0. The minimum atomic E-state index is -1.00. The summed E-state index contributed by atoms with van der Waals surface area (Å²) in [6.07, 6.45) is 0.651. The second-order valence-corrected chi connectivity index (χ2v) is 10.5. The lowest BCUT2D eigenvalue weighted by atomic mass is 9.86. The van der Waals surface area contributed by atoms with E-state index in [2.05, 4.69) is 25.8 Å². The maximum absolute atomic E-state index is 12.9. The Kier molecular flexibility index (Phi) is 8.06. The molecule has 1 aliphatic heterocycles. The van der Waals surface area contributed by atoms with E-state index in [1.165, 1.54) is 5.56 Å². The van der Waals surface area contributed by atoms with Gasteiger partial charge in [0.15, 0.2) is 0 Å². The van der Waals surface area contributed by atoms with E-state index in [9.17, 15) is 14.7 Å². The molecule has 1 heterocycles. The Hall–Kier alpha value is -3.12. The van der Waals surface area contributed by atoms with Crippen molar-refractivity contribution < 1.29 is 14.7 Å². The monoisotopic (exact) mass is 495 g/mol. The number of amidine groups is 1. The summed E-state index contributed by atoms with van der Waals surface area (Å²) >= 11 is 6.23. The maximum atomic E-state index is 12.9. The summed E-state index contributed by atoms with van der Waals surface area (Å²) in [5.41, 5.74) is 3.39. The third-order valence-corrected chi connectivity index (χ3v) is 6.59. The fourth-order valence-corrected chi connectivity index (χ4v) is 4.61. The van der Waals surface area contributed by atoms with Crippen molar-refractivity contribution in [1.82, 2.24) is 9.80 Å². The highest BCUT2D eigenvalue weighted by atomic mass is 35.5. The quantitative estimate of drug-likeness (QED) is 0.516. The van der Waals surface area contributed by atoms with Gasteiger partial charge in [-0.1, -0.05) is 56.6 Å². The number of hydrogen-bond acceptors (Lipinski definition) is 4. The van der Waals surface area contributed by atoms with Gasteiger partial charge in [0, 0.05) is 30.7 Å². The molecular formula is C28H34ClN3O3. The van der Waals surface area contributed by atoms with E-state index in [1.807, 2.05) is 48.2 Å². The standard InChI is InChI=1S/C28H34ClN3O3/c1-18-24(27(34)35)25(21-9-7-10-23(29)17-21)32(19(2)30-18)16-8-15-31(6)26(33)20-11-13-22(14-12-20)28(3,4)5/h7,9-14,17,25H,8,15-16H2,1-6H3,(H,34,35). The van der Waals surface area contributed by atoms with Gasteiger partial charge >= 0.3 is 5.97 Å². The molecule has 0 spiro atoms. The Morgan fingerprint density at radius 1 is 1.11 bits per heavy atom. The lowest BCUT2D eigenvalue weighted by molar-refractivity contribution is -0.133. The normalized spacial score (nSPS) is 16.3. The predicted molar refractivity (Wildman–Crippen MR) is 141 cm³/mol. The molecular weight excluding hydrogens is 462 g/mol. The number of carbonyl (C=O) groups is 2. The number of nitrogens with zero attached hydrogens (tertiary/aromatic N) is 3. The first-order chi connectivity index (χ1) is 16.4. The van der Waals surface area contributed by atoms with Gasteiger partial charge in [0.05, 0.1) is 17.3 Å². The van der Waals surface area contributed by atoms with Gasteiger partial charge in [0.2, 0.25) is 0 Å². The highest BCUT2D eigenvalue weighted by molar-refractivity contribution is 6.30. The molecule has 1 atom stereocenters. The van der Waals surface area contributed by atoms with Crippen LogP contribution in [-0.4, -0.2) is 52.8 Å². The molecule has 0 bridgehead atoms. The highest BCUT2D eigenvalue weighted by Gasteiger charge is 2.34. The molecule has 2 aromatic carbocycles. The Labute approximate surface area is 212 Å². The molecule has 2 aromatic rings. The van der Waals surface area contributed by atoms with Crippen molar-refractivity contribution >= 4 is 29.3 Å². The Balaban J connectivity index is 1.74. The van der Waals surface area contributed by atoms with Gasteiger partial charge in [0.25, 0.3) is 5.91 Å². The Morgan fingerprint density at radius 3 is 2.34 bits per heavy atom. The van der Waals surface area contributed by atoms with E-state index < -0.39 is 12.0 Å². The van der Waals surface area contributed by atoms with Gasteiger partial charge in [-0.2, -0.15) is 0 Å². The molecule has 0 aromatic heterocycles. The molecule has 1 N–H and O–H groups in total. The smallest absolute Gasteiger partial charge is 0.335 e. The van der Waals surface area contributed by atoms with Gasteiger partial charge in [-0.15, -0.1) is 0 Å². The van der Waals surface area contributed by atoms with Crippen molar-refractivity contribution in [2.75, 3.05) is 20.1 Å². The number of hydrogen-bond donors (Lipinski definition) is 1. The van der Waals surface area contributed by atoms with E-state index in [4.69, 9.17) is 11.6 Å². The number of carboxylic acid groups (broad SMARTS) is 1. The van der Waals surface area contributed by atoms with Crippen LogP contribution in [0.4, 0.5) is 0 Å². The molecule has 186 valence electrons. The van der Waals surface area contributed by atoms with Crippen molar-refractivity contribution in [3.63, 3.8) is 0 Å². The minimum absolute atomic E-state index is 0.0302. The number of aliphatic carboxylic acids is 1. The zero-order chi connectivity index (χ0) is 25.9. The number of aliphatic imine (C=N–C) groups is 1. The van der Waals surface area contributed by atoms with Crippen LogP contribution in [0, 0.1) is 0 Å². The predicted octanol–water partition coefficient (Wildman–Crippen LogP) is 5.93. The van der Waals surface area contributed by atoms with E-state index in [1.54, 1.807) is 31.0 Å². The third kappa shape index (κ3) is 6.12. The first-order valence-electron chi connectivity index (χ1n) is 11.8. The molecule has 35 heavy (non-hydrogen) atoms. The molecule has 0 saturated carbocycles. The van der Waals surface area contributed by atoms with Crippen LogP contribution < -0.4 is 0 Å².